The molecule has 0 unspecified atom stereocenters. The first-order valence-electron chi connectivity index (χ1n) is 9.36. The molecule has 3 N–H and O–H groups in total. The monoisotopic (exact) mass is 441 g/mol. The number of aromatic amines is 1. The first-order valence-corrected chi connectivity index (χ1v) is 10.2. The highest BCUT2D eigenvalue weighted by molar-refractivity contribution is 7.16. The summed E-state index contributed by atoms with van der Waals surface area (Å²) < 4.78 is 5.31. The molecule has 31 heavy (non-hydrogen) atoms. The van der Waals surface area contributed by atoms with Crippen LogP contribution in [-0.4, -0.2) is 53.3 Å². The molecule has 0 saturated carbocycles. The second-order valence-electron chi connectivity index (χ2n) is 7.17. The number of amides is 3. The van der Waals surface area contributed by atoms with Crippen LogP contribution >= 0.6 is 11.3 Å². The van der Waals surface area contributed by atoms with Crippen molar-refractivity contribution in [2.45, 2.75) is 13.0 Å². The number of carbonyl (C=O) groups excluding carboxylic acids is 3. The number of rotatable bonds is 5. The lowest BCUT2D eigenvalue weighted by Crippen LogP contribution is -2.28. The van der Waals surface area contributed by atoms with Crippen LogP contribution in [0.1, 0.15) is 21.7 Å². The van der Waals surface area contributed by atoms with Gasteiger partial charge in [-0.15, -0.1) is 11.3 Å². The number of H-pyrrole nitrogens is 1. The topological polar surface area (TPSA) is 133 Å². The predicted molar refractivity (Wildman–Crippen MR) is 114 cm³/mol. The third-order valence-corrected chi connectivity index (χ3v) is 5.63. The zero-order valence-electron chi connectivity index (χ0n) is 16.8. The summed E-state index contributed by atoms with van der Waals surface area (Å²) in [4.78, 5) is 57.1. The van der Waals surface area contributed by atoms with Crippen molar-refractivity contribution in [2.75, 3.05) is 26.0 Å². The number of hydrogen-bond donors (Lipinski definition) is 3. The Labute approximate surface area is 180 Å². The molecular formula is C20H19N5O5S. The van der Waals surface area contributed by atoms with Crippen LogP contribution in [-0.2, 0) is 22.6 Å². The van der Waals surface area contributed by atoms with E-state index in [0.29, 0.717) is 27.2 Å². The van der Waals surface area contributed by atoms with Crippen molar-refractivity contribution in [1.82, 2.24) is 20.2 Å². The fraction of sp³-hybridized carbons (Fsp3) is 0.250. The summed E-state index contributed by atoms with van der Waals surface area (Å²) in [6.07, 6.45) is 0.0852. The van der Waals surface area contributed by atoms with E-state index >= 15 is 0 Å². The van der Waals surface area contributed by atoms with Gasteiger partial charge in [-0.1, -0.05) is 6.07 Å². The minimum absolute atomic E-state index is 0.0294. The molecule has 0 saturated heterocycles. The third kappa shape index (κ3) is 4.26. The summed E-state index contributed by atoms with van der Waals surface area (Å²) in [5.74, 6) is -0.470. The lowest BCUT2D eigenvalue weighted by Gasteiger charge is -2.18. The van der Waals surface area contributed by atoms with Gasteiger partial charge in [0.05, 0.1) is 17.5 Å². The Kier molecular flexibility index (Phi) is 5.42. The number of likely N-dealkylation sites (N-methyl/N-ethyl adjacent to an activating group) is 1. The predicted octanol–water partition coefficient (Wildman–Crippen LogP) is 0.876. The quantitative estimate of drug-likeness (QED) is 0.538. The van der Waals surface area contributed by atoms with Gasteiger partial charge in [0, 0.05) is 20.6 Å². The SMILES string of the molecule is CN(C)C(=O)Cc1csc2nc(C(=O)NCc3ccc4c(c3)NC(=O)CO4)[nH]c(=O)c12. The number of aromatic nitrogens is 2. The van der Waals surface area contributed by atoms with Crippen LogP contribution < -0.4 is 20.9 Å². The second-order valence-corrected chi connectivity index (χ2v) is 8.03. The zero-order valence-corrected chi connectivity index (χ0v) is 17.6. The van der Waals surface area contributed by atoms with Crippen LogP contribution in [0, 0.1) is 0 Å². The maximum atomic E-state index is 12.6. The van der Waals surface area contributed by atoms with Gasteiger partial charge in [0.15, 0.2) is 6.61 Å². The highest BCUT2D eigenvalue weighted by Crippen LogP contribution is 2.28. The fourth-order valence-corrected chi connectivity index (χ4v) is 4.01. The number of nitrogens with zero attached hydrogens (tertiary/aromatic N) is 2. The van der Waals surface area contributed by atoms with Crippen molar-refractivity contribution in [2.24, 2.45) is 0 Å². The smallest absolute Gasteiger partial charge is 0.287 e. The molecule has 0 atom stereocenters. The number of anilines is 1. The average Bonchev–Trinajstić information content (AvgIpc) is 3.14. The summed E-state index contributed by atoms with van der Waals surface area (Å²) in [7, 11) is 3.29. The molecule has 4 rings (SSSR count). The first kappa shape index (κ1) is 20.5. The third-order valence-electron chi connectivity index (χ3n) is 4.71. The summed E-state index contributed by atoms with van der Waals surface area (Å²) in [5.41, 5.74) is 1.39. The van der Waals surface area contributed by atoms with Crippen LogP contribution in [0.2, 0.25) is 0 Å². The molecule has 1 aromatic carbocycles. The Morgan fingerprint density at radius 1 is 1.29 bits per heavy atom. The van der Waals surface area contributed by atoms with E-state index in [1.54, 1.807) is 37.7 Å². The standard InChI is InChI=1S/C20H19N5O5S/c1-25(2)15(27)6-11-9-31-20-16(11)18(28)23-17(24-20)19(29)21-7-10-3-4-13-12(5-10)22-14(26)8-30-13/h3-5,9H,6-8H2,1-2H3,(H,21,29)(H,22,26)(H,23,24,28). The zero-order chi connectivity index (χ0) is 22.1. The number of nitrogens with one attached hydrogen (secondary N) is 3. The molecule has 10 nitrogen and oxygen atoms in total. The average molecular weight is 441 g/mol. The molecule has 0 spiro atoms. The second kappa shape index (κ2) is 8.19. The lowest BCUT2D eigenvalue weighted by molar-refractivity contribution is -0.128. The minimum Gasteiger partial charge on any atom is -0.482 e. The molecule has 3 amide bonds. The molecule has 0 radical (unpaired) electrons. The summed E-state index contributed by atoms with van der Waals surface area (Å²) >= 11 is 1.21. The van der Waals surface area contributed by atoms with E-state index < -0.39 is 11.5 Å². The van der Waals surface area contributed by atoms with Gasteiger partial charge in [0.25, 0.3) is 17.4 Å². The van der Waals surface area contributed by atoms with Crippen LogP contribution in [0.4, 0.5) is 5.69 Å². The Hall–Kier alpha value is -3.73. The highest BCUT2D eigenvalue weighted by atomic mass is 32.1. The maximum absolute atomic E-state index is 12.6. The Bertz CT molecular complexity index is 1260. The fourth-order valence-electron chi connectivity index (χ4n) is 3.07. The molecule has 3 aromatic rings. The van der Waals surface area contributed by atoms with E-state index in [4.69, 9.17) is 4.74 Å². The van der Waals surface area contributed by atoms with E-state index in [1.165, 1.54) is 16.2 Å². The molecule has 160 valence electrons. The molecule has 11 heteroatoms. The van der Waals surface area contributed by atoms with Gasteiger partial charge in [0.2, 0.25) is 11.7 Å². The van der Waals surface area contributed by atoms with Crippen LogP contribution in [0.25, 0.3) is 10.2 Å². The van der Waals surface area contributed by atoms with E-state index in [0.717, 1.165) is 5.56 Å². The molecule has 1 aliphatic rings. The normalized spacial score (nSPS) is 12.6. The number of benzene rings is 1. The maximum Gasteiger partial charge on any atom is 0.287 e. The van der Waals surface area contributed by atoms with Gasteiger partial charge in [-0.05, 0) is 28.6 Å². The lowest BCUT2D eigenvalue weighted by atomic mass is 10.1. The molecule has 0 fully saturated rings. The first-order chi connectivity index (χ1) is 14.8. The number of thiophene rings is 1. The highest BCUT2D eigenvalue weighted by Gasteiger charge is 2.19. The largest absolute Gasteiger partial charge is 0.482 e. The van der Waals surface area contributed by atoms with E-state index in [1.807, 2.05) is 0 Å². The van der Waals surface area contributed by atoms with Crippen molar-refractivity contribution in [1.29, 1.82) is 0 Å². The van der Waals surface area contributed by atoms with Gasteiger partial charge >= 0.3 is 0 Å². The molecule has 2 aromatic heterocycles. The van der Waals surface area contributed by atoms with Crippen LogP contribution in [0.5, 0.6) is 5.75 Å². The molecule has 0 aliphatic carbocycles. The summed E-state index contributed by atoms with van der Waals surface area (Å²) in [6, 6.07) is 5.19. The summed E-state index contributed by atoms with van der Waals surface area (Å²) in [6.45, 7) is 0.134. The number of fused-ring (bicyclic) bond motifs is 2. The van der Waals surface area contributed by atoms with Gasteiger partial charge in [-0.2, -0.15) is 0 Å². The number of hydrogen-bond acceptors (Lipinski definition) is 7. The van der Waals surface area contributed by atoms with Crippen LogP contribution in [0.3, 0.4) is 0 Å². The van der Waals surface area contributed by atoms with E-state index in [2.05, 4.69) is 20.6 Å². The molecule has 3 heterocycles. The molecular weight excluding hydrogens is 422 g/mol. The van der Waals surface area contributed by atoms with Crippen molar-refractivity contribution >= 4 is 45.0 Å². The molecule has 1 aliphatic heterocycles. The van der Waals surface area contributed by atoms with Crippen LogP contribution in [0.15, 0.2) is 28.4 Å². The van der Waals surface area contributed by atoms with Crippen molar-refractivity contribution in [3.05, 3.63) is 50.9 Å². The van der Waals surface area contributed by atoms with E-state index in [9.17, 15) is 19.2 Å². The number of ether oxygens (including phenoxy) is 1. The molecule has 0 bridgehead atoms. The Morgan fingerprint density at radius 2 is 2.10 bits per heavy atom. The summed E-state index contributed by atoms with van der Waals surface area (Å²) in [5, 5.41) is 7.43. The van der Waals surface area contributed by atoms with Crippen molar-refractivity contribution in [3.8, 4) is 5.75 Å². The van der Waals surface area contributed by atoms with Crippen molar-refractivity contribution < 1.29 is 19.1 Å². The van der Waals surface area contributed by atoms with Gasteiger partial charge in [-0.3, -0.25) is 19.2 Å². The Balaban J connectivity index is 1.50. The van der Waals surface area contributed by atoms with Gasteiger partial charge in [0.1, 0.15) is 10.6 Å². The minimum atomic E-state index is -0.545. The Morgan fingerprint density at radius 3 is 2.87 bits per heavy atom. The number of carbonyl (C=O) groups is 3. The van der Waals surface area contributed by atoms with Gasteiger partial charge in [-0.25, -0.2) is 4.98 Å². The van der Waals surface area contributed by atoms with Crippen molar-refractivity contribution in [3.63, 3.8) is 0 Å². The van der Waals surface area contributed by atoms with Gasteiger partial charge < -0.3 is 25.3 Å². The van der Waals surface area contributed by atoms with E-state index in [-0.39, 0.29) is 37.2 Å².